The molecule has 1 aliphatic rings. The second-order valence-corrected chi connectivity index (χ2v) is 6.89. The van der Waals surface area contributed by atoms with Gasteiger partial charge in [-0.3, -0.25) is 4.79 Å². The topological polar surface area (TPSA) is 90.6 Å². The molecule has 0 N–H and O–H groups in total. The summed E-state index contributed by atoms with van der Waals surface area (Å²) in [6.45, 7) is 2.62. The van der Waals surface area contributed by atoms with Gasteiger partial charge in [0, 0.05) is 18.2 Å². The summed E-state index contributed by atoms with van der Waals surface area (Å²) in [6.07, 6.45) is 1.61. The van der Waals surface area contributed by atoms with E-state index in [1.54, 1.807) is 17.0 Å². The highest BCUT2D eigenvalue weighted by molar-refractivity contribution is 5.96. The molecule has 3 heterocycles. The molecule has 2 aromatic heterocycles. The molecule has 1 saturated heterocycles. The Bertz CT molecular complexity index is 1020. The van der Waals surface area contributed by atoms with Crippen LogP contribution in [0.25, 0.3) is 11.4 Å². The summed E-state index contributed by atoms with van der Waals surface area (Å²) in [4.78, 5) is 23.7. The molecular formula is C21H22N4O4. The van der Waals surface area contributed by atoms with E-state index in [0.29, 0.717) is 29.7 Å². The Morgan fingerprint density at radius 1 is 1.10 bits per heavy atom. The number of ether oxygens (including phenoxy) is 2. The van der Waals surface area contributed by atoms with Crippen LogP contribution in [0.1, 0.15) is 40.7 Å². The fourth-order valence-electron chi connectivity index (χ4n) is 3.47. The molecule has 4 rings (SSSR count). The number of aromatic nitrogens is 3. The van der Waals surface area contributed by atoms with Crippen LogP contribution < -0.4 is 9.47 Å². The molecule has 0 saturated carbocycles. The van der Waals surface area contributed by atoms with Crippen molar-refractivity contribution in [3.8, 4) is 23.1 Å². The van der Waals surface area contributed by atoms with Gasteiger partial charge in [-0.05, 0) is 25.8 Å². The van der Waals surface area contributed by atoms with E-state index in [-0.39, 0.29) is 17.8 Å². The Hall–Kier alpha value is -3.42. The first kappa shape index (κ1) is 18.9. The van der Waals surface area contributed by atoms with Gasteiger partial charge in [-0.2, -0.15) is 9.97 Å². The molecule has 8 heteroatoms. The van der Waals surface area contributed by atoms with E-state index in [4.69, 9.17) is 14.0 Å². The van der Waals surface area contributed by atoms with Gasteiger partial charge in [0.05, 0.1) is 14.2 Å². The van der Waals surface area contributed by atoms with E-state index in [9.17, 15) is 4.79 Å². The minimum Gasteiger partial charge on any atom is -0.481 e. The fourth-order valence-corrected chi connectivity index (χ4v) is 3.47. The standard InChI is InChI=1S/C21H22N4O4/c1-13-6-8-14(9-7-13)18-23-20(29-24-18)16-5-4-12-25(16)21(26)15-10-11-17(27-2)22-19(15)28-3/h6-11,16H,4-5,12H2,1-3H3/t16-/m0/s1. The Kier molecular flexibility index (Phi) is 5.16. The summed E-state index contributed by atoms with van der Waals surface area (Å²) in [7, 11) is 2.99. The maximum absolute atomic E-state index is 13.2. The zero-order chi connectivity index (χ0) is 20.4. The zero-order valence-electron chi connectivity index (χ0n) is 16.6. The van der Waals surface area contributed by atoms with Crippen molar-refractivity contribution in [1.29, 1.82) is 0 Å². The SMILES string of the molecule is COc1ccc(C(=O)N2CCC[C@H]2c2nc(-c3ccc(C)cc3)no2)c(OC)n1. The minimum atomic E-state index is -0.277. The first-order chi connectivity index (χ1) is 14.1. The summed E-state index contributed by atoms with van der Waals surface area (Å²) in [5.74, 6) is 1.38. The summed E-state index contributed by atoms with van der Waals surface area (Å²) < 4.78 is 15.9. The van der Waals surface area contributed by atoms with Gasteiger partial charge in [0.1, 0.15) is 11.6 Å². The lowest BCUT2D eigenvalue weighted by Crippen LogP contribution is -2.31. The summed E-state index contributed by atoms with van der Waals surface area (Å²) in [6, 6.07) is 10.9. The van der Waals surface area contributed by atoms with Gasteiger partial charge in [-0.25, -0.2) is 0 Å². The van der Waals surface area contributed by atoms with Gasteiger partial charge in [-0.1, -0.05) is 35.0 Å². The molecule has 0 spiro atoms. The molecule has 1 aliphatic heterocycles. The first-order valence-corrected chi connectivity index (χ1v) is 9.41. The average Bonchev–Trinajstić information content (AvgIpc) is 3.42. The van der Waals surface area contributed by atoms with Crippen LogP contribution in [0.5, 0.6) is 11.8 Å². The van der Waals surface area contributed by atoms with E-state index >= 15 is 0 Å². The van der Waals surface area contributed by atoms with Gasteiger partial charge in [0.2, 0.25) is 23.5 Å². The number of carbonyl (C=O) groups is 1. The highest BCUT2D eigenvalue weighted by Crippen LogP contribution is 2.34. The van der Waals surface area contributed by atoms with Crippen molar-refractivity contribution in [1.82, 2.24) is 20.0 Å². The van der Waals surface area contributed by atoms with Gasteiger partial charge >= 0.3 is 0 Å². The molecule has 1 atom stereocenters. The van der Waals surface area contributed by atoms with Crippen LogP contribution >= 0.6 is 0 Å². The molecule has 1 aromatic carbocycles. The number of nitrogens with zero attached hydrogens (tertiary/aromatic N) is 4. The quantitative estimate of drug-likeness (QED) is 0.655. The van der Waals surface area contributed by atoms with E-state index < -0.39 is 0 Å². The van der Waals surface area contributed by atoms with Gasteiger partial charge in [0.25, 0.3) is 5.91 Å². The maximum atomic E-state index is 13.2. The van der Waals surface area contributed by atoms with Crippen molar-refractivity contribution < 1.29 is 18.8 Å². The van der Waals surface area contributed by atoms with Crippen LogP contribution in [0, 0.1) is 6.92 Å². The number of amides is 1. The molecule has 0 radical (unpaired) electrons. The molecule has 0 bridgehead atoms. The number of methoxy groups -OCH3 is 2. The lowest BCUT2D eigenvalue weighted by molar-refractivity contribution is 0.0705. The number of hydrogen-bond acceptors (Lipinski definition) is 7. The monoisotopic (exact) mass is 394 g/mol. The van der Waals surface area contributed by atoms with Gasteiger partial charge in [-0.15, -0.1) is 0 Å². The van der Waals surface area contributed by atoms with E-state index in [2.05, 4.69) is 15.1 Å². The normalized spacial score (nSPS) is 16.1. The summed E-state index contributed by atoms with van der Waals surface area (Å²) in [5.41, 5.74) is 2.41. The first-order valence-electron chi connectivity index (χ1n) is 9.41. The van der Waals surface area contributed by atoms with Crippen molar-refractivity contribution in [2.75, 3.05) is 20.8 Å². The van der Waals surface area contributed by atoms with Crippen molar-refractivity contribution in [3.05, 3.63) is 53.4 Å². The van der Waals surface area contributed by atoms with Crippen LogP contribution in [0.2, 0.25) is 0 Å². The smallest absolute Gasteiger partial charge is 0.260 e. The maximum Gasteiger partial charge on any atom is 0.260 e. The highest BCUT2D eigenvalue weighted by Gasteiger charge is 2.36. The predicted molar refractivity (Wildman–Crippen MR) is 105 cm³/mol. The molecular weight excluding hydrogens is 372 g/mol. The molecule has 3 aromatic rings. The number of hydrogen-bond donors (Lipinski definition) is 0. The highest BCUT2D eigenvalue weighted by atomic mass is 16.5. The van der Waals surface area contributed by atoms with Gasteiger partial charge < -0.3 is 18.9 Å². The van der Waals surface area contributed by atoms with Crippen molar-refractivity contribution in [3.63, 3.8) is 0 Å². The zero-order valence-corrected chi connectivity index (χ0v) is 16.6. The third-order valence-electron chi connectivity index (χ3n) is 5.02. The Labute approximate surface area is 168 Å². The van der Waals surface area contributed by atoms with Crippen molar-refractivity contribution in [2.45, 2.75) is 25.8 Å². The summed E-state index contributed by atoms with van der Waals surface area (Å²) in [5, 5.41) is 4.11. The second kappa shape index (κ2) is 7.90. The van der Waals surface area contributed by atoms with Crippen molar-refractivity contribution >= 4 is 5.91 Å². The molecule has 150 valence electrons. The molecule has 29 heavy (non-hydrogen) atoms. The van der Waals surface area contributed by atoms with E-state index in [1.807, 2.05) is 31.2 Å². The number of likely N-dealkylation sites (tertiary alicyclic amines) is 1. The average molecular weight is 394 g/mol. The Morgan fingerprint density at radius 3 is 2.62 bits per heavy atom. The lowest BCUT2D eigenvalue weighted by Gasteiger charge is -2.22. The third kappa shape index (κ3) is 3.65. The number of rotatable bonds is 5. The molecule has 1 fully saturated rings. The van der Waals surface area contributed by atoms with Crippen LogP contribution in [0.15, 0.2) is 40.9 Å². The molecule has 1 amide bonds. The third-order valence-corrected chi connectivity index (χ3v) is 5.02. The minimum absolute atomic E-state index is 0.186. The fraction of sp³-hybridized carbons (Fsp3) is 0.333. The predicted octanol–water partition coefficient (Wildman–Crippen LogP) is 3.43. The number of carbonyl (C=O) groups excluding carboxylic acids is 1. The van der Waals surface area contributed by atoms with Gasteiger partial charge in [0.15, 0.2) is 0 Å². The number of pyridine rings is 1. The summed E-state index contributed by atoms with van der Waals surface area (Å²) >= 11 is 0. The Balaban J connectivity index is 1.60. The van der Waals surface area contributed by atoms with E-state index in [1.165, 1.54) is 14.2 Å². The van der Waals surface area contributed by atoms with Crippen LogP contribution in [-0.4, -0.2) is 46.7 Å². The second-order valence-electron chi connectivity index (χ2n) is 6.89. The lowest BCUT2D eigenvalue weighted by atomic mass is 10.1. The largest absolute Gasteiger partial charge is 0.481 e. The molecule has 0 unspecified atom stereocenters. The number of benzene rings is 1. The van der Waals surface area contributed by atoms with E-state index in [0.717, 1.165) is 24.0 Å². The number of aryl methyl sites for hydroxylation is 1. The van der Waals surface area contributed by atoms with Crippen LogP contribution in [0.4, 0.5) is 0 Å². The Morgan fingerprint density at radius 2 is 1.90 bits per heavy atom. The molecule has 8 nitrogen and oxygen atoms in total. The van der Waals surface area contributed by atoms with Crippen molar-refractivity contribution in [2.24, 2.45) is 0 Å². The van der Waals surface area contributed by atoms with Crippen LogP contribution in [0.3, 0.4) is 0 Å². The van der Waals surface area contributed by atoms with Crippen LogP contribution in [-0.2, 0) is 0 Å². The molecule has 0 aliphatic carbocycles.